The fraction of sp³-hybridized carbons (Fsp3) is 0.909. The summed E-state index contributed by atoms with van der Waals surface area (Å²) in [5.41, 5.74) is 0. The van der Waals surface area contributed by atoms with Gasteiger partial charge in [-0.2, -0.15) is 0 Å². The Hall–Kier alpha value is -0.530. The zero-order valence-corrected chi connectivity index (χ0v) is 9.79. The van der Waals surface area contributed by atoms with Gasteiger partial charge in [-0.25, -0.2) is 0 Å². The Balaban J connectivity index is 4.29. The Labute approximate surface area is 82.3 Å². The van der Waals surface area contributed by atoms with E-state index in [-0.39, 0.29) is 5.91 Å². The molecule has 0 spiro atoms. The number of carbonyl (C=O) groups is 1. The second kappa shape index (κ2) is 5.25. The topological polar surface area (TPSA) is 20.3 Å². The molecule has 0 aliphatic carbocycles. The highest BCUT2D eigenvalue weighted by atomic mass is 16.2. The van der Waals surface area contributed by atoms with Crippen LogP contribution in [0.2, 0.25) is 0 Å². The number of amides is 1. The van der Waals surface area contributed by atoms with Crippen molar-refractivity contribution in [3.05, 3.63) is 0 Å². The van der Waals surface area contributed by atoms with Gasteiger partial charge in [-0.05, 0) is 33.6 Å². The Bertz CT molecular complexity index is 153. The van der Waals surface area contributed by atoms with E-state index in [1.54, 1.807) is 0 Å². The smallest absolute Gasteiger partial charge is 0.223 e. The van der Waals surface area contributed by atoms with E-state index >= 15 is 0 Å². The third-order valence-electron chi connectivity index (χ3n) is 1.98. The van der Waals surface area contributed by atoms with Crippen molar-refractivity contribution in [2.24, 2.45) is 5.92 Å². The summed E-state index contributed by atoms with van der Waals surface area (Å²) >= 11 is 0. The van der Waals surface area contributed by atoms with Crippen LogP contribution in [0.15, 0.2) is 0 Å². The van der Waals surface area contributed by atoms with Crippen LogP contribution in [-0.4, -0.2) is 22.9 Å². The van der Waals surface area contributed by atoms with Gasteiger partial charge in [-0.15, -0.1) is 0 Å². The van der Waals surface area contributed by atoms with E-state index in [9.17, 15) is 4.79 Å². The molecular weight excluding hydrogens is 162 g/mol. The van der Waals surface area contributed by atoms with Gasteiger partial charge in [-0.3, -0.25) is 4.79 Å². The van der Waals surface area contributed by atoms with Crippen molar-refractivity contribution in [2.45, 2.75) is 60.0 Å². The van der Waals surface area contributed by atoms with Crippen molar-refractivity contribution in [3.63, 3.8) is 0 Å². The molecule has 0 N–H and O–H groups in total. The van der Waals surface area contributed by atoms with Gasteiger partial charge in [0.25, 0.3) is 0 Å². The normalized spacial score (nSPS) is 11.5. The number of carbonyl (C=O) groups excluding carboxylic acids is 1. The third-order valence-corrected chi connectivity index (χ3v) is 1.98. The summed E-state index contributed by atoms with van der Waals surface area (Å²) in [6, 6.07) is 0.623. The molecule has 0 radical (unpaired) electrons. The van der Waals surface area contributed by atoms with Crippen molar-refractivity contribution >= 4 is 5.91 Å². The van der Waals surface area contributed by atoms with E-state index in [1.165, 1.54) is 0 Å². The van der Waals surface area contributed by atoms with Crippen LogP contribution >= 0.6 is 0 Å². The molecule has 0 bridgehead atoms. The van der Waals surface area contributed by atoms with Gasteiger partial charge >= 0.3 is 0 Å². The lowest BCUT2D eigenvalue weighted by Crippen LogP contribution is -2.42. The summed E-state index contributed by atoms with van der Waals surface area (Å²) in [5.74, 6) is 0.729. The highest BCUT2D eigenvalue weighted by Gasteiger charge is 2.20. The monoisotopic (exact) mass is 185 g/mol. The van der Waals surface area contributed by atoms with Gasteiger partial charge in [-0.1, -0.05) is 13.8 Å². The predicted octanol–water partition coefficient (Wildman–Crippen LogP) is 2.68. The number of rotatable bonds is 4. The molecule has 0 aromatic carbocycles. The minimum Gasteiger partial charge on any atom is -0.338 e. The third kappa shape index (κ3) is 4.30. The first kappa shape index (κ1) is 12.5. The fourth-order valence-electron chi connectivity index (χ4n) is 1.63. The Morgan fingerprint density at radius 3 is 1.62 bits per heavy atom. The average molecular weight is 185 g/mol. The Morgan fingerprint density at radius 2 is 1.38 bits per heavy atom. The maximum absolute atomic E-state index is 11.8. The minimum atomic E-state index is 0.278. The molecule has 2 nitrogen and oxygen atoms in total. The lowest BCUT2D eigenvalue weighted by Gasteiger charge is -2.31. The molecule has 0 fully saturated rings. The standard InChI is InChI=1S/C11H23NO/c1-8(2)7-11(13)12(9(3)4)10(5)6/h8-10H,7H2,1-6H3. The van der Waals surface area contributed by atoms with E-state index in [1.807, 2.05) is 4.90 Å². The quantitative estimate of drug-likeness (QED) is 0.659. The molecule has 0 unspecified atom stereocenters. The van der Waals surface area contributed by atoms with Crippen LogP contribution in [0.4, 0.5) is 0 Å². The lowest BCUT2D eigenvalue weighted by atomic mass is 10.1. The summed E-state index contributed by atoms with van der Waals surface area (Å²) in [4.78, 5) is 13.7. The summed E-state index contributed by atoms with van der Waals surface area (Å²) in [5, 5.41) is 0. The molecule has 78 valence electrons. The van der Waals surface area contributed by atoms with Gasteiger partial charge in [0.2, 0.25) is 5.91 Å². The van der Waals surface area contributed by atoms with Crippen LogP contribution < -0.4 is 0 Å². The van der Waals surface area contributed by atoms with Gasteiger partial charge in [0.05, 0.1) is 0 Å². The molecule has 0 saturated heterocycles. The second-order valence-electron chi connectivity index (χ2n) is 4.59. The average Bonchev–Trinajstić information content (AvgIpc) is 1.81. The van der Waals surface area contributed by atoms with Crippen molar-refractivity contribution in [1.29, 1.82) is 0 Å². The van der Waals surface area contributed by atoms with Crippen LogP contribution in [0.25, 0.3) is 0 Å². The lowest BCUT2D eigenvalue weighted by molar-refractivity contribution is -0.135. The molecule has 0 heterocycles. The van der Waals surface area contributed by atoms with Crippen molar-refractivity contribution in [2.75, 3.05) is 0 Å². The van der Waals surface area contributed by atoms with Gasteiger partial charge in [0.15, 0.2) is 0 Å². The summed E-state index contributed by atoms with van der Waals surface area (Å²) in [6.07, 6.45) is 0.663. The highest BCUT2D eigenvalue weighted by molar-refractivity contribution is 5.76. The van der Waals surface area contributed by atoms with E-state index < -0.39 is 0 Å². The molecule has 1 amide bonds. The zero-order valence-electron chi connectivity index (χ0n) is 9.79. The van der Waals surface area contributed by atoms with Gasteiger partial charge in [0, 0.05) is 18.5 Å². The first-order chi connectivity index (χ1) is 5.86. The summed E-state index contributed by atoms with van der Waals surface area (Å²) < 4.78 is 0. The van der Waals surface area contributed by atoms with Gasteiger partial charge in [0.1, 0.15) is 0 Å². The van der Waals surface area contributed by atoms with E-state index in [4.69, 9.17) is 0 Å². The van der Waals surface area contributed by atoms with Crippen LogP contribution in [0.5, 0.6) is 0 Å². The first-order valence-corrected chi connectivity index (χ1v) is 5.17. The molecule has 0 rings (SSSR count). The Kier molecular flexibility index (Phi) is 5.04. The van der Waals surface area contributed by atoms with Gasteiger partial charge < -0.3 is 4.90 Å². The van der Waals surface area contributed by atoms with E-state index in [0.29, 0.717) is 24.4 Å². The Morgan fingerprint density at radius 1 is 1.00 bits per heavy atom. The molecule has 13 heavy (non-hydrogen) atoms. The molecule has 2 heteroatoms. The SMILES string of the molecule is CC(C)CC(=O)N(C(C)C)C(C)C. The minimum absolute atomic E-state index is 0.278. The summed E-state index contributed by atoms with van der Waals surface area (Å²) in [7, 11) is 0. The number of hydrogen-bond acceptors (Lipinski definition) is 1. The largest absolute Gasteiger partial charge is 0.338 e. The molecule has 0 aliphatic rings. The first-order valence-electron chi connectivity index (χ1n) is 5.17. The van der Waals surface area contributed by atoms with E-state index in [0.717, 1.165) is 0 Å². The maximum Gasteiger partial charge on any atom is 0.223 e. The molecular formula is C11H23NO. The molecule has 0 aliphatic heterocycles. The van der Waals surface area contributed by atoms with E-state index in [2.05, 4.69) is 41.5 Å². The maximum atomic E-state index is 11.8. The number of hydrogen-bond donors (Lipinski definition) is 0. The second-order valence-corrected chi connectivity index (χ2v) is 4.59. The highest BCUT2D eigenvalue weighted by Crippen LogP contribution is 2.11. The molecule has 0 aromatic rings. The zero-order chi connectivity index (χ0) is 10.6. The van der Waals surface area contributed by atoms with Crippen molar-refractivity contribution in [3.8, 4) is 0 Å². The summed E-state index contributed by atoms with van der Waals surface area (Å²) in [6.45, 7) is 12.4. The molecule has 0 aromatic heterocycles. The van der Waals surface area contributed by atoms with Crippen LogP contribution in [0.1, 0.15) is 48.0 Å². The van der Waals surface area contributed by atoms with Crippen LogP contribution in [-0.2, 0) is 4.79 Å². The molecule has 0 atom stereocenters. The van der Waals surface area contributed by atoms with Crippen LogP contribution in [0.3, 0.4) is 0 Å². The molecule has 0 saturated carbocycles. The van der Waals surface area contributed by atoms with Crippen molar-refractivity contribution < 1.29 is 4.79 Å². The number of nitrogens with zero attached hydrogens (tertiary/aromatic N) is 1. The van der Waals surface area contributed by atoms with Crippen LogP contribution in [0, 0.1) is 5.92 Å². The predicted molar refractivity (Wildman–Crippen MR) is 56.6 cm³/mol. The van der Waals surface area contributed by atoms with Crippen molar-refractivity contribution in [1.82, 2.24) is 4.90 Å². The fourth-order valence-corrected chi connectivity index (χ4v) is 1.63.